The van der Waals surface area contributed by atoms with Gasteiger partial charge >= 0.3 is 5.97 Å². The van der Waals surface area contributed by atoms with Gasteiger partial charge in [0.05, 0.1) is 23.8 Å². The van der Waals surface area contributed by atoms with E-state index in [0.717, 1.165) is 4.47 Å². The average Bonchev–Trinajstić information content (AvgIpc) is 2.89. The number of benzene rings is 1. The summed E-state index contributed by atoms with van der Waals surface area (Å²) in [6, 6.07) is 7.00. The highest BCUT2D eigenvalue weighted by atomic mass is 79.9. The van der Waals surface area contributed by atoms with Crippen molar-refractivity contribution in [2.75, 3.05) is 30.6 Å². The van der Waals surface area contributed by atoms with E-state index in [1.54, 1.807) is 31.0 Å². The van der Waals surface area contributed by atoms with Crippen molar-refractivity contribution in [2.24, 2.45) is 5.10 Å². The molecule has 0 spiro atoms. The lowest BCUT2D eigenvalue weighted by atomic mass is 10.2. The maximum atomic E-state index is 12.2. The summed E-state index contributed by atoms with van der Waals surface area (Å²) in [6.45, 7) is 1.92. The number of hydrazone groups is 1. The molecule has 1 fully saturated rings. The number of halogens is 1. The van der Waals surface area contributed by atoms with Gasteiger partial charge in [-0.15, -0.1) is 5.10 Å². The number of rotatable bonds is 4. The van der Waals surface area contributed by atoms with Gasteiger partial charge in [-0.3, -0.25) is 5.43 Å². The number of hydrogen-bond donors (Lipinski definition) is 1. The Labute approximate surface area is 150 Å². The average molecular weight is 418 g/mol. The van der Waals surface area contributed by atoms with E-state index in [1.807, 2.05) is 12.1 Å². The Bertz CT molecular complexity index is 719. The third-order valence-electron chi connectivity index (χ3n) is 3.68. The first-order valence-electron chi connectivity index (χ1n) is 7.52. The molecule has 0 bridgehead atoms. The summed E-state index contributed by atoms with van der Waals surface area (Å²) in [5.74, 6) is -0.394. The highest BCUT2D eigenvalue weighted by Gasteiger charge is 2.34. The lowest BCUT2D eigenvalue weighted by molar-refractivity contribution is -0.135. The second kappa shape index (κ2) is 7.98. The standard InChI is InChI=1S/C15H20BrN3O4S/c1-3-23-15(20)14(18-17-12-6-4-11(16)5-7-12)19(2)13-8-9-24(21,22)10-13/h4-7,13,17H,3,8-10H2,1-2H3/b18-14-/t13-/m1/s1. The molecular weight excluding hydrogens is 398 g/mol. The van der Waals surface area contributed by atoms with Crippen molar-refractivity contribution in [3.05, 3.63) is 28.7 Å². The molecule has 1 aliphatic heterocycles. The van der Waals surface area contributed by atoms with Gasteiger partial charge in [-0.25, -0.2) is 13.2 Å². The van der Waals surface area contributed by atoms with Crippen LogP contribution in [0.25, 0.3) is 0 Å². The van der Waals surface area contributed by atoms with Crippen LogP contribution in [-0.2, 0) is 19.4 Å². The third kappa shape index (κ3) is 4.94. The fourth-order valence-corrected chi connectivity index (χ4v) is 4.40. The van der Waals surface area contributed by atoms with Gasteiger partial charge in [0, 0.05) is 17.6 Å². The van der Waals surface area contributed by atoms with Crippen LogP contribution >= 0.6 is 15.9 Å². The molecule has 0 unspecified atom stereocenters. The molecule has 1 atom stereocenters. The molecule has 7 nitrogen and oxygen atoms in total. The molecule has 1 N–H and O–H groups in total. The van der Waals surface area contributed by atoms with E-state index >= 15 is 0 Å². The molecule has 0 amide bonds. The van der Waals surface area contributed by atoms with Gasteiger partial charge in [-0.2, -0.15) is 0 Å². The predicted molar refractivity (Wildman–Crippen MR) is 96.7 cm³/mol. The molecule has 1 aliphatic rings. The number of nitrogens with one attached hydrogen (secondary N) is 1. The van der Waals surface area contributed by atoms with Crippen LogP contribution in [0.4, 0.5) is 5.69 Å². The maximum Gasteiger partial charge on any atom is 0.375 e. The van der Waals surface area contributed by atoms with Crippen molar-refractivity contribution in [2.45, 2.75) is 19.4 Å². The first kappa shape index (κ1) is 18.7. The molecule has 132 valence electrons. The van der Waals surface area contributed by atoms with E-state index in [4.69, 9.17) is 4.74 Å². The topological polar surface area (TPSA) is 88.1 Å². The Kier molecular flexibility index (Phi) is 6.22. The number of anilines is 1. The van der Waals surface area contributed by atoms with E-state index < -0.39 is 15.8 Å². The number of sulfone groups is 1. The largest absolute Gasteiger partial charge is 0.460 e. The van der Waals surface area contributed by atoms with Gasteiger partial charge in [0.15, 0.2) is 9.84 Å². The number of esters is 1. The highest BCUT2D eigenvalue weighted by molar-refractivity contribution is 9.10. The minimum atomic E-state index is -3.06. The number of carbonyl (C=O) groups is 1. The third-order valence-corrected chi connectivity index (χ3v) is 5.96. The lowest BCUT2D eigenvalue weighted by Gasteiger charge is -2.25. The quantitative estimate of drug-likeness (QED) is 0.348. The Morgan fingerprint density at radius 2 is 2.08 bits per heavy atom. The van der Waals surface area contributed by atoms with Crippen LogP contribution in [0.1, 0.15) is 13.3 Å². The molecule has 0 aromatic heterocycles. The van der Waals surface area contributed by atoms with Gasteiger partial charge in [-0.05, 0) is 37.6 Å². The van der Waals surface area contributed by atoms with Gasteiger partial charge < -0.3 is 9.64 Å². The molecule has 2 rings (SSSR count). The molecule has 24 heavy (non-hydrogen) atoms. The van der Waals surface area contributed by atoms with E-state index in [1.165, 1.54) is 0 Å². The Balaban J connectivity index is 2.18. The van der Waals surface area contributed by atoms with Crippen molar-refractivity contribution in [1.29, 1.82) is 0 Å². The van der Waals surface area contributed by atoms with Gasteiger partial charge in [-0.1, -0.05) is 15.9 Å². The van der Waals surface area contributed by atoms with Crippen LogP contribution in [0, 0.1) is 0 Å². The van der Waals surface area contributed by atoms with E-state index in [2.05, 4.69) is 26.5 Å². The minimum Gasteiger partial charge on any atom is -0.460 e. The zero-order valence-electron chi connectivity index (χ0n) is 13.5. The summed E-state index contributed by atoms with van der Waals surface area (Å²) >= 11 is 3.34. The zero-order chi connectivity index (χ0) is 17.7. The molecule has 1 saturated heterocycles. The fraction of sp³-hybridized carbons (Fsp3) is 0.467. The van der Waals surface area contributed by atoms with Crippen LogP contribution < -0.4 is 5.43 Å². The Morgan fingerprint density at radius 1 is 1.42 bits per heavy atom. The fourth-order valence-electron chi connectivity index (χ4n) is 2.36. The summed E-state index contributed by atoms with van der Waals surface area (Å²) in [6.07, 6.45) is 0.468. The Hall–Kier alpha value is -1.61. The van der Waals surface area contributed by atoms with E-state index in [9.17, 15) is 13.2 Å². The van der Waals surface area contributed by atoms with Crippen molar-refractivity contribution >= 4 is 43.3 Å². The van der Waals surface area contributed by atoms with Crippen LogP contribution in [0.15, 0.2) is 33.8 Å². The number of likely N-dealkylation sites (N-methyl/N-ethyl adjacent to an activating group) is 1. The molecule has 1 heterocycles. The predicted octanol–water partition coefficient (Wildman–Crippen LogP) is 1.86. The van der Waals surface area contributed by atoms with Crippen LogP contribution in [-0.4, -0.2) is 56.3 Å². The van der Waals surface area contributed by atoms with Crippen molar-refractivity contribution in [3.63, 3.8) is 0 Å². The molecule has 1 aromatic rings. The number of hydrogen-bond acceptors (Lipinski definition) is 6. The molecular formula is C15H20BrN3O4S. The van der Waals surface area contributed by atoms with Crippen LogP contribution in [0.2, 0.25) is 0 Å². The number of nitrogens with zero attached hydrogens (tertiary/aromatic N) is 2. The molecule has 9 heteroatoms. The van der Waals surface area contributed by atoms with Crippen molar-refractivity contribution in [1.82, 2.24) is 4.90 Å². The zero-order valence-corrected chi connectivity index (χ0v) is 15.9. The van der Waals surface area contributed by atoms with Gasteiger partial charge in [0.25, 0.3) is 0 Å². The summed E-state index contributed by atoms with van der Waals surface area (Å²) in [4.78, 5) is 13.8. The molecule has 1 aromatic carbocycles. The highest BCUT2D eigenvalue weighted by Crippen LogP contribution is 2.18. The first-order chi connectivity index (χ1) is 11.3. The summed E-state index contributed by atoms with van der Waals surface area (Å²) in [5.41, 5.74) is 3.51. The normalized spacial score (nSPS) is 19.8. The molecule has 0 aliphatic carbocycles. The van der Waals surface area contributed by atoms with Crippen molar-refractivity contribution in [3.8, 4) is 0 Å². The lowest BCUT2D eigenvalue weighted by Crippen LogP contribution is -2.43. The molecule has 0 saturated carbocycles. The molecule has 0 radical (unpaired) electrons. The van der Waals surface area contributed by atoms with Crippen molar-refractivity contribution < 1.29 is 17.9 Å². The second-order valence-corrected chi connectivity index (χ2v) is 8.59. The van der Waals surface area contributed by atoms with Crippen LogP contribution in [0.5, 0.6) is 0 Å². The van der Waals surface area contributed by atoms with E-state index in [0.29, 0.717) is 12.1 Å². The smallest absolute Gasteiger partial charge is 0.375 e. The second-order valence-electron chi connectivity index (χ2n) is 5.44. The van der Waals surface area contributed by atoms with Gasteiger partial charge in [0.1, 0.15) is 0 Å². The number of carbonyl (C=O) groups excluding carboxylic acids is 1. The van der Waals surface area contributed by atoms with Gasteiger partial charge in [0.2, 0.25) is 5.84 Å². The summed E-state index contributed by atoms with van der Waals surface area (Å²) < 4.78 is 29.3. The minimum absolute atomic E-state index is 0.0141. The monoisotopic (exact) mass is 417 g/mol. The maximum absolute atomic E-state index is 12.2. The Morgan fingerprint density at radius 3 is 2.62 bits per heavy atom. The first-order valence-corrected chi connectivity index (χ1v) is 10.1. The number of amidine groups is 1. The summed E-state index contributed by atoms with van der Waals surface area (Å²) in [5, 5.41) is 4.14. The number of ether oxygens (including phenoxy) is 1. The van der Waals surface area contributed by atoms with Crippen LogP contribution in [0.3, 0.4) is 0 Å². The SMILES string of the molecule is CCOC(=O)/C(=N/Nc1ccc(Br)cc1)N(C)[C@@H]1CCS(=O)(=O)C1. The summed E-state index contributed by atoms with van der Waals surface area (Å²) in [7, 11) is -1.40. The van der Waals surface area contributed by atoms with E-state index in [-0.39, 0.29) is 30.0 Å².